The molecule has 11 nitrogen and oxygen atoms in total. The number of amides is 2. The molecule has 1 aliphatic rings. The van der Waals surface area contributed by atoms with Gasteiger partial charge in [-0.2, -0.15) is 5.10 Å². The Balaban J connectivity index is 1.39. The van der Waals surface area contributed by atoms with E-state index in [4.69, 9.17) is 15.0 Å². The first-order valence-corrected chi connectivity index (χ1v) is 10.6. The van der Waals surface area contributed by atoms with Gasteiger partial charge in [0.25, 0.3) is 0 Å². The number of hydrogen-bond donors (Lipinski definition) is 3. The number of fused-ring (bicyclic) bond motifs is 1. The second-order valence-corrected chi connectivity index (χ2v) is 9.04. The van der Waals surface area contributed by atoms with E-state index in [2.05, 4.69) is 30.9 Å². The fraction of sp³-hybridized carbons (Fsp3) is 0.318. The van der Waals surface area contributed by atoms with Crippen LogP contribution in [0, 0.1) is 5.82 Å². The van der Waals surface area contributed by atoms with E-state index in [1.54, 1.807) is 16.8 Å². The summed E-state index contributed by atoms with van der Waals surface area (Å²) in [6, 6.07) is 5.36. The first-order chi connectivity index (χ1) is 16.2. The summed E-state index contributed by atoms with van der Waals surface area (Å²) < 4.78 is 27.2. The number of anilines is 3. The predicted molar refractivity (Wildman–Crippen MR) is 123 cm³/mol. The van der Waals surface area contributed by atoms with E-state index in [1.165, 1.54) is 18.5 Å². The van der Waals surface area contributed by atoms with Crippen LogP contribution in [0.25, 0.3) is 22.3 Å². The van der Waals surface area contributed by atoms with Crippen LogP contribution in [-0.4, -0.2) is 44.1 Å². The third kappa shape index (κ3) is 3.92. The van der Waals surface area contributed by atoms with Crippen LogP contribution in [0.5, 0.6) is 0 Å². The largest absolute Gasteiger partial charge is 0.383 e. The molecule has 1 fully saturated rings. The Bertz CT molecular complexity index is 1390. The maximum atomic E-state index is 14.9. The molecule has 1 aliphatic heterocycles. The van der Waals surface area contributed by atoms with Crippen LogP contribution >= 0.6 is 0 Å². The van der Waals surface area contributed by atoms with Crippen molar-refractivity contribution >= 4 is 34.4 Å². The average molecular weight is 466 g/mol. The van der Waals surface area contributed by atoms with Crippen LogP contribution in [0.2, 0.25) is 0 Å². The van der Waals surface area contributed by atoms with Crippen molar-refractivity contribution in [3.05, 3.63) is 42.2 Å². The molecule has 0 bridgehead atoms. The Morgan fingerprint density at radius 3 is 2.65 bits per heavy atom. The molecular weight excluding hydrogens is 443 g/mol. The molecule has 0 aliphatic carbocycles. The summed E-state index contributed by atoms with van der Waals surface area (Å²) in [6.45, 7) is 6.89. The molecular formula is C22H23FN8O3. The van der Waals surface area contributed by atoms with E-state index in [1.807, 2.05) is 20.8 Å². The molecule has 1 aromatic carbocycles. The number of benzene rings is 1. The van der Waals surface area contributed by atoms with Crippen molar-refractivity contribution in [3.63, 3.8) is 0 Å². The maximum Gasteiger partial charge on any atom is 0.325 e. The fourth-order valence-electron chi connectivity index (χ4n) is 3.54. The number of rotatable bonds is 4. The van der Waals surface area contributed by atoms with Gasteiger partial charge in [0.1, 0.15) is 35.5 Å². The Hall–Kier alpha value is -4.06. The van der Waals surface area contributed by atoms with Gasteiger partial charge in [-0.25, -0.2) is 23.8 Å². The highest BCUT2D eigenvalue weighted by atomic mass is 19.1. The molecule has 3 aromatic heterocycles. The molecule has 4 aromatic rings. The van der Waals surface area contributed by atoms with Crippen LogP contribution in [0.15, 0.2) is 35.1 Å². The summed E-state index contributed by atoms with van der Waals surface area (Å²) in [5, 5.41) is 14.0. The van der Waals surface area contributed by atoms with Gasteiger partial charge in [0.15, 0.2) is 11.5 Å². The molecule has 4 heterocycles. The molecule has 0 unspecified atom stereocenters. The van der Waals surface area contributed by atoms with Crippen molar-refractivity contribution in [1.29, 1.82) is 0 Å². The minimum Gasteiger partial charge on any atom is -0.383 e. The molecule has 0 atom stereocenters. The Labute approximate surface area is 193 Å². The summed E-state index contributed by atoms with van der Waals surface area (Å²) in [7, 11) is 0. The zero-order chi connectivity index (χ0) is 24.0. The van der Waals surface area contributed by atoms with Gasteiger partial charge in [0.2, 0.25) is 0 Å². The average Bonchev–Trinajstić information content (AvgIpc) is 3.34. The number of nitrogen functional groups attached to an aromatic ring is 1. The molecule has 0 radical (unpaired) electrons. The van der Waals surface area contributed by atoms with Gasteiger partial charge < -0.3 is 20.3 Å². The molecule has 4 N–H and O–H groups in total. The van der Waals surface area contributed by atoms with Gasteiger partial charge in [-0.1, -0.05) is 32.0 Å². The Kier molecular flexibility index (Phi) is 5.16. The summed E-state index contributed by atoms with van der Waals surface area (Å²) in [5.74, 6) is 0.442. The minimum atomic E-state index is -0.655. The van der Waals surface area contributed by atoms with Crippen LogP contribution in [-0.2, 0) is 10.2 Å². The number of hydrogen-bond acceptors (Lipinski definition) is 8. The molecule has 5 rings (SSSR count). The Morgan fingerprint density at radius 2 is 2.00 bits per heavy atom. The molecule has 1 saturated heterocycles. The molecule has 0 spiro atoms. The monoisotopic (exact) mass is 466 g/mol. The number of nitrogens with zero attached hydrogens (tertiary/aromatic N) is 5. The SMILES string of the molecule is CC(C)(C)c1cc(NC(=O)Nc2ccc(-c3nn(C4COC4)c4ncnc(N)c34)cc2F)no1. The van der Waals surface area contributed by atoms with Crippen LogP contribution in [0.3, 0.4) is 0 Å². The van der Waals surface area contributed by atoms with Gasteiger partial charge in [-0.15, -0.1) is 0 Å². The van der Waals surface area contributed by atoms with Crippen molar-refractivity contribution in [2.24, 2.45) is 0 Å². The second kappa shape index (κ2) is 8.06. The van der Waals surface area contributed by atoms with Crippen LogP contribution in [0.1, 0.15) is 32.6 Å². The van der Waals surface area contributed by atoms with E-state index in [0.717, 1.165) is 0 Å². The number of carbonyl (C=O) groups is 1. The highest BCUT2D eigenvalue weighted by Crippen LogP contribution is 2.34. The topological polar surface area (TPSA) is 146 Å². The zero-order valence-corrected chi connectivity index (χ0v) is 18.8. The van der Waals surface area contributed by atoms with Crippen LogP contribution < -0.4 is 16.4 Å². The lowest BCUT2D eigenvalue weighted by atomic mass is 9.93. The number of nitrogens with two attached hydrogens (primary N) is 1. The van der Waals surface area contributed by atoms with Crippen molar-refractivity contribution < 1.29 is 18.4 Å². The molecule has 12 heteroatoms. The van der Waals surface area contributed by atoms with Gasteiger partial charge in [-0.3, -0.25) is 5.32 Å². The van der Waals surface area contributed by atoms with Gasteiger partial charge in [0, 0.05) is 17.0 Å². The van der Waals surface area contributed by atoms with Crippen molar-refractivity contribution in [2.45, 2.75) is 32.2 Å². The third-order valence-corrected chi connectivity index (χ3v) is 5.47. The lowest BCUT2D eigenvalue weighted by Gasteiger charge is -2.26. The van der Waals surface area contributed by atoms with Gasteiger partial charge >= 0.3 is 6.03 Å². The lowest BCUT2D eigenvalue weighted by Crippen LogP contribution is -2.31. The van der Waals surface area contributed by atoms with E-state index < -0.39 is 11.8 Å². The number of aromatic nitrogens is 5. The predicted octanol–water partition coefficient (Wildman–Crippen LogP) is 3.72. The number of carbonyl (C=O) groups excluding carboxylic acids is 1. The quantitative estimate of drug-likeness (QED) is 0.412. The van der Waals surface area contributed by atoms with E-state index in [0.29, 0.717) is 41.3 Å². The minimum absolute atomic E-state index is 0.0128. The number of nitrogens with one attached hydrogen (secondary N) is 2. The maximum absolute atomic E-state index is 14.9. The number of halogens is 1. The van der Waals surface area contributed by atoms with Gasteiger partial charge in [0.05, 0.1) is 24.3 Å². The summed E-state index contributed by atoms with van der Waals surface area (Å²) in [4.78, 5) is 20.7. The summed E-state index contributed by atoms with van der Waals surface area (Å²) >= 11 is 0. The van der Waals surface area contributed by atoms with Crippen molar-refractivity contribution in [2.75, 3.05) is 29.6 Å². The molecule has 2 amide bonds. The summed E-state index contributed by atoms with van der Waals surface area (Å²) in [6.07, 6.45) is 1.37. The Morgan fingerprint density at radius 1 is 1.21 bits per heavy atom. The normalized spacial score (nSPS) is 14.2. The number of ether oxygens (including phenoxy) is 1. The lowest BCUT2D eigenvalue weighted by molar-refractivity contribution is -0.0268. The second-order valence-electron chi connectivity index (χ2n) is 9.04. The zero-order valence-electron chi connectivity index (χ0n) is 18.8. The first kappa shape index (κ1) is 21.8. The number of urea groups is 1. The smallest absolute Gasteiger partial charge is 0.325 e. The molecule has 34 heavy (non-hydrogen) atoms. The standard InChI is InChI=1S/C22H23FN8O3/c1-22(2,3)15-7-16(30-34-15)28-21(32)27-14-5-4-11(6-13(14)23)18-17-19(24)25-10-26-20(17)31(29-18)12-8-33-9-12/h4-7,10,12H,8-9H2,1-3H3,(H2,24,25,26)(H2,27,28,30,32). The molecule has 176 valence electrons. The van der Waals surface area contributed by atoms with Gasteiger partial charge in [-0.05, 0) is 12.1 Å². The van der Waals surface area contributed by atoms with Crippen LogP contribution in [0.4, 0.5) is 26.5 Å². The fourth-order valence-corrected chi connectivity index (χ4v) is 3.54. The highest BCUT2D eigenvalue weighted by Gasteiger charge is 2.27. The molecule has 0 saturated carbocycles. The van der Waals surface area contributed by atoms with E-state index in [-0.39, 0.29) is 28.8 Å². The van der Waals surface area contributed by atoms with Crippen molar-refractivity contribution in [3.8, 4) is 11.3 Å². The highest BCUT2D eigenvalue weighted by molar-refractivity contribution is 6.00. The van der Waals surface area contributed by atoms with E-state index in [9.17, 15) is 9.18 Å². The van der Waals surface area contributed by atoms with Crippen molar-refractivity contribution in [1.82, 2.24) is 24.9 Å². The first-order valence-electron chi connectivity index (χ1n) is 10.6. The van der Waals surface area contributed by atoms with E-state index >= 15 is 0 Å². The summed E-state index contributed by atoms with van der Waals surface area (Å²) in [5.41, 5.74) is 7.30. The third-order valence-electron chi connectivity index (χ3n) is 5.47.